The first-order valence-corrected chi connectivity index (χ1v) is 2.78. The molecule has 0 aromatic heterocycles. The summed E-state index contributed by atoms with van der Waals surface area (Å²) in [5.74, 6) is 0. The van der Waals surface area contributed by atoms with E-state index in [-0.39, 0.29) is 0 Å². The fourth-order valence-electron chi connectivity index (χ4n) is 0.324. The highest BCUT2D eigenvalue weighted by Crippen LogP contribution is 1.83. The van der Waals surface area contributed by atoms with Crippen molar-refractivity contribution in [2.24, 2.45) is 0 Å². The molecule has 0 aromatic rings. The summed E-state index contributed by atoms with van der Waals surface area (Å²) < 4.78 is 0. The standard InChI is InChI=1S/C7H13N/c1-4-5-6-7(2)8-3/h4-6,8H,1-3H3/b5-4+,7-6-. The zero-order valence-corrected chi connectivity index (χ0v) is 5.73. The van der Waals surface area contributed by atoms with E-state index in [1.165, 1.54) is 5.70 Å². The summed E-state index contributed by atoms with van der Waals surface area (Å²) in [6.45, 7) is 4.03. The molecule has 0 heterocycles. The van der Waals surface area contributed by atoms with Crippen molar-refractivity contribution < 1.29 is 0 Å². The van der Waals surface area contributed by atoms with Gasteiger partial charge in [0, 0.05) is 12.7 Å². The third-order valence-electron chi connectivity index (χ3n) is 0.933. The van der Waals surface area contributed by atoms with Crippen LogP contribution in [0.4, 0.5) is 0 Å². The number of hydrogen-bond acceptors (Lipinski definition) is 1. The molecule has 0 unspecified atom stereocenters. The molecule has 0 bridgehead atoms. The Kier molecular flexibility index (Phi) is 4.04. The molecule has 0 saturated carbocycles. The van der Waals surface area contributed by atoms with E-state index in [4.69, 9.17) is 0 Å². The minimum atomic E-state index is 1.18. The van der Waals surface area contributed by atoms with E-state index in [0.29, 0.717) is 0 Å². The lowest BCUT2D eigenvalue weighted by Crippen LogP contribution is -1.99. The van der Waals surface area contributed by atoms with Crippen LogP contribution >= 0.6 is 0 Å². The van der Waals surface area contributed by atoms with Gasteiger partial charge in [0.25, 0.3) is 0 Å². The zero-order chi connectivity index (χ0) is 6.41. The molecule has 1 N–H and O–H groups in total. The average molecular weight is 111 g/mol. The zero-order valence-electron chi connectivity index (χ0n) is 5.73. The third-order valence-corrected chi connectivity index (χ3v) is 0.933. The second kappa shape index (κ2) is 4.44. The van der Waals surface area contributed by atoms with Crippen LogP contribution in [0.3, 0.4) is 0 Å². The van der Waals surface area contributed by atoms with Gasteiger partial charge in [-0.05, 0) is 19.9 Å². The molecule has 0 aliphatic heterocycles. The van der Waals surface area contributed by atoms with E-state index in [0.717, 1.165) is 0 Å². The molecular weight excluding hydrogens is 98.1 g/mol. The molecule has 0 radical (unpaired) electrons. The Hall–Kier alpha value is -0.720. The quantitative estimate of drug-likeness (QED) is 0.535. The van der Waals surface area contributed by atoms with E-state index in [2.05, 4.69) is 5.32 Å². The summed E-state index contributed by atoms with van der Waals surface area (Å²) in [5.41, 5.74) is 1.18. The monoisotopic (exact) mass is 111 g/mol. The first-order valence-electron chi connectivity index (χ1n) is 2.78. The molecule has 0 aliphatic rings. The lowest BCUT2D eigenvalue weighted by Gasteiger charge is -1.92. The Morgan fingerprint density at radius 1 is 1.50 bits per heavy atom. The molecule has 0 amide bonds. The van der Waals surface area contributed by atoms with E-state index in [9.17, 15) is 0 Å². The Bertz CT molecular complexity index is 101. The molecule has 0 spiro atoms. The van der Waals surface area contributed by atoms with E-state index >= 15 is 0 Å². The molecule has 0 aliphatic carbocycles. The molecule has 0 aromatic carbocycles. The second-order valence-corrected chi connectivity index (χ2v) is 1.63. The summed E-state index contributed by atoms with van der Waals surface area (Å²) in [7, 11) is 1.91. The van der Waals surface area contributed by atoms with Crippen LogP contribution in [0, 0.1) is 0 Å². The van der Waals surface area contributed by atoms with Crippen LogP contribution in [0.15, 0.2) is 23.9 Å². The van der Waals surface area contributed by atoms with Gasteiger partial charge in [0.15, 0.2) is 0 Å². The van der Waals surface area contributed by atoms with Crippen LogP contribution in [0.5, 0.6) is 0 Å². The predicted octanol–water partition coefficient (Wildman–Crippen LogP) is 1.69. The molecule has 0 saturated heterocycles. The van der Waals surface area contributed by atoms with Crippen LogP contribution in [0.2, 0.25) is 0 Å². The first-order chi connectivity index (χ1) is 3.81. The van der Waals surface area contributed by atoms with Crippen LogP contribution in [0.25, 0.3) is 0 Å². The number of allylic oxidation sites excluding steroid dienone is 4. The highest BCUT2D eigenvalue weighted by Gasteiger charge is 1.72. The van der Waals surface area contributed by atoms with E-state index in [1.807, 2.05) is 39.1 Å². The predicted molar refractivity (Wildman–Crippen MR) is 37.6 cm³/mol. The van der Waals surface area contributed by atoms with Gasteiger partial charge in [-0.2, -0.15) is 0 Å². The van der Waals surface area contributed by atoms with Crippen molar-refractivity contribution in [1.29, 1.82) is 0 Å². The van der Waals surface area contributed by atoms with Gasteiger partial charge in [-0.3, -0.25) is 0 Å². The fourth-order valence-corrected chi connectivity index (χ4v) is 0.324. The highest BCUT2D eigenvalue weighted by atomic mass is 14.8. The van der Waals surface area contributed by atoms with Crippen LogP contribution in [-0.4, -0.2) is 7.05 Å². The van der Waals surface area contributed by atoms with Gasteiger partial charge in [-0.15, -0.1) is 0 Å². The maximum absolute atomic E-state index is 3.01. The van der Waals surface area contributed by atoms with Crippen molar-refractivity contribution in [1.82, 2.24) is 5.32 Å². The molecule has 1 heteroatoms. The lowest BCUT2D eigenvalue weighted by atomic mass is 10.4. The fraction of sp³-hybridized carbons (Fsp3) is 0.429. The SMILES string of the molecule is C/C=C/C=C(/C)NC. The topological polar surface area (TPSA) is 12.0 Å². The Morgan fingerprint density at radius 2 is 2.12 bits per heavy atom. The van der Waals surface area contributed by atoms with Gasteiger partial charge in [-0.25, -0.2) is 0 Å². The number of hydrogen-bond donors (Lipinski definition) is 1. The Balaban J connectivity index is 3.57. The molecule has 1 nitrogen and oxygen atoms in total. The molecule has 8 heavy (non-hydrogen) atoms. The molecule has 0 fully saturated rings. The van der Waals surface area contributed by atoms with Crippen molar-refractivity contribution in [2.75, 3.05) is 7.05 Å². The van der Waals surface area contributed by atoms with E-state index in [1.54, 1.807) is 0 Å². The van der Waals surface area contributed by atoms with Crippen LogP contribution in [-0.2, 0) is 0 Å². The molecule has 46 valence electrons. The van der Waals surface area contributed by atoms with Gasteiger partial charge >= 0.3 is 0 Å². The minimum absolute atomic E-state index is 1.18. The van der Waals surface area contributed by atoms with Crippen LogP contribution in [0.1, 0.15) is 13.8 Å². The number of rotatable bonds is 2. The van der Waals surface area contributed by atoms with Crippen molar-refractivity contribution >= 4 is 0 Å². The lowest BCUT2D eigenvalue weighted by molar-refractivity contribution is 0.990. The van der Waals surface area contributed by atoms with Gasteiger partial charge in [-0.1, -0.05) is 12.2 Å². The van der Waals surface area contributed by atoms with Crippen molar-refractivity contribution in [3.05, 3.63) is 23.9 Å². The third kappa shape index (κ3) is 3.47. The Labute approximate surface area is 51.1 Å². The van der Waals surface area contributed by atoms with Crippen molar-refractivity contribution in [3.8, 4) is 0 Å². The van der Waals surface area contributed by atoms with Crippen LogP contribution < -0.4 is 5.32 Å². The second-order valence-electron chi connectivity index (χ2n) is 1.63. The average Bonchev–Trinajstić information content (AvgIpc) is 1.83. The maximum atomic E-state index is 3.01. The molecule has 0 rings (SSSR count). The van der Waals surface area contributed by atoms with Gasteiger partial charge in [0.1, 0.15) is 0 Å². The van der Waals surface area contributed by atoms with Gasteiger partial charge < -0.3 is 5.32 Å². The Morgan fingerprint density at radius 3 is 2.50 bits per heavy atom. The van der Waals surface area contributed by atoms with Crippen molar-refractivity contribution in [3.63, 3.8) is 0 Å². The summed E-state index contributed by atoms with van der Waals surface area (Å²) >= 11 is 0. The number of nitrogens with one attached hydrogen (secondary N) is 1. The highest BCUT2D eigenvalue weighted by molar-refractivity contribution is 5.07. The van der Waals surface area contributed by atoms with E-state index < -0.39 is 0 Å². The molecule has 0 atom stereocenters. The summed E-state index contributed by atoms with van der Waals surface area (Å²) in [5, 5.41) is 3.01. The normalized spacial score (nSPS) is 12.6. The smallest absolute Gasteiger partial charge is 0.00723 e. The summed E-state index contributed by atoms with van der Waals surface area (Å²) in [6.07, 6.45) is 6.03. The minimum Gasteiger partial charge on any atom is -0.392 e. The van der Waals surface area contributed by atoms with Crippen molar-refractivity contribution in [2.45, 2.75) is 13.8 Å². The van der Waals surface area contributed by atoms with Gasteiger partial charge in [0.2, 0.25) is 0 Å². The molecular formula is C7H13N. The van der Waals surface area contributed by atoms with Gasteiger partial charge in [0.05, 0.1) is 0 Å². The summed E-state index contributed by atoms with van der Waals surface area (Å²) in [6, 6.07) is 0. The largest absolute Gasteiger partial charge is 0.392 e. The maximum Gasteiger partial charge on any atom is 0.00723 e. The summed E-state index contributed by atoms with van der Waals surface area (Å²) in [4.78, 5) is 0. The first kappa shape index (κ1) is 7.28.